The topological polar surface area (TPSA) is 76.3 Å². The van der Waals surface area contributed by atoms with Gasteiger partial charge in [0.05, 0.1) is 23.4 Å². The van der Waals surface area contributed by atoms with Gasteiger partial charge in [-0.1, -0.05) is 26.0 Å². The van der Waals surface area contributed by atoms with Crippen LogP contribution in [0.1, 0.15) is 58.6 Å². The number of rotatable bonds is 7. The van der Waals surface area contributed by atoms with Gasteiger partial charge in [-0.05, 0) is 68.9 Å². The number of ether oxygens (including phenoxy) is 2. The molecule has 0 saturated heterocycles. The second-order valence-electron chi connectivity index (χ2n) is 8.96. The lowest BCUT2D eigenvalue weighted by Gasteiger charge is -2.30. The third-order valence-electron chi connectivity index (χ3n) is 6.47. The molecule has 0 bridgehead atoms. The second-order valence-corrected chi connectivity index (χ2v) is 8.96. The molecule has 1 unspecified atom stereocenters. The normalized spacial score (nSPS) is 14.5. The average molecular weight is 446 g/mol. The number of hydrogen-bond acceptors (Lipinski definition) is 4. The van der Waals surface area contributed by atoms with Crippen LogP contribution in [0, 0.1) is 17.2 Å². The van der Waals surface area contributed by atoms with E-state index in [1.54, 1.807) is 0 Å². The molecular weight excluding hydrogens is 414 g/mol. The molecule has 2 aromatic carbocycles. The number of nitrogens with zero attached hydrogens (tertiary/aromatic N) is 2. The summed E-state index contributed by atoms with van der Waals surface area (Å²) >= 11 is 0. The van der Waals surface area contributed by atoms with Crippen LogP contribution < -0.4 is 10.1 Å². The Bertz CT molecular complexity index is 1180. The molecule has 1 amide bonds. The number of carbonyl (C=O) groups excluding carboxylic acids is 1. The largest absolute Gasteiger partial charge is 0.494 e. The lowest BCUT2D eigenvalue weighted by Crippen LogP contribution is -2.23. The molecule has 1 N–H and O–H groups in total. The quantitative estimate of drug-likeness (QED) is 0.429. The minimum absolute atomic E-state index is 0.165. The molecule has 1 aromatic heterocycles. The van der Waals surface area contributed by atoms with Gasteiger partial charge in [-0.15, -0.1) is 0 Å². The summed E-state index contributed by atoms with van der Waals surface area (Å²) < 4.78 is 13.4. The Labute approximate surface area is 195 Å². The Morgan fingerprint density at radius 2 is 1.91 bits per heavy atom. The molecule has 6 nitrogen and oxygen atoms in total. The number of aromatic nitrogens is 1. The SMILES string of the molecule is CCOc1ccc2c(C#N)c(-c3ccc(NC(=O)OC(C)C(C)C)cc3)n(C3CCC3)c2c1. The zero-order valence-corrected chi connectivity index (χ0v) is 19.7. The van der Waals surface area contributed by atoms with E-state index < -0.39 is 6.09 Å². The Morgan fingerprint density at radius 1 is 1.18 bits per heavy atom. The fourth-order valence-electron chi connectivity index (χ4n) is 4.13. The van der Waals surface area contributed by atoms with Gasteiger partial charge in [0.1, 0.15) is 17.9 Å². The van der Waals surface area contributed by atoms with E-state index >= 15 is 0 Å². The molecule has 1 heterocycles. The van der Waals surface area contributed by atoms with E-state index in [-0.39, 0.29) is 12.0 Å². The highest BCUT2D eigenvalue weighted by Crippen LogP contribution is 2.43. The van der Waals surface area contributed by atoms with Crippen molar-refractivity contribution in [1.82, 2.24) is 4.57 Å². The van der Waals surface area contributed by atoms with Crippen molar-refractivity contribution in [3.63, 3.8) is 0 Å². The zero-order chi connectivity index (χ0) is 23.5. The maximum atomic E-state index is 12.2. The van der Waals surface area contributed by atoms with Crippen LogP contribution in [-0.4, -0.2) is 23.4 Å². The van der Waals surface area contributed by atoms with Crippen LogP contribution in [0.4, 0.5) is 10.5 Å². The van der Waals surface area contributed by atoms with Crippen LogP contribution in [0.2, 0.25) is 0 Å². The van der Waals surface area contributed by atoms with Gasteiger partial charge in [0.15, 0.2) is 0 Å². The molecular formula is C27H31N3O3. The standard InChI is InChI=1S/C27H31N3O3/c1-5-32-22-13-14-23-24(16-28)26(30(25(23)15-22)21-7-6-8-21)19-9-11-20(12-10-19)29-27(31)33-18(4)17(2)3/h9-15,17-18,21H,5-8H2,1-4H3,(H,29,31). The summed E-state index contributed by atoms with van der Waals surface area (Å²) in [5.74, 6) is 1.06. The molecule has 4 rings (SSSR count). The van der Waals surface area contributed by atoms with Crippen molar-refractivity contribution >= 4 is 22.7 Å². The smallest absolute Gasteiger partial charge is 0.411 e. The molecule has 172 valence electrons. The minimum Gasteiger partial charge on any atom is -0.494 e. The summed E-state index contributed by atoms with van der Waals surface area (Å²) in [4.78, 5) is 12.2. The molecule has 1 fully saturated rings. The summed E-state index contributed by atoms with van der Waals surface area (Å²) in [5.41, 5.74) is 4.23. The molecule has 1 saturated carbocycles. The second kappa shape index (κ2) is 9.58. The first kappa shape index (κ1) is 22.7. The molecule has 6 heteroatoms. The first-order valence-electron chi connectivity index (χ1n) is 11.7. The van der Waals surface area contributed by atoms with Crippen LogP contribution >= 0.6 is 0 Å². The van der Waals surface area contributed by atoms with E-state index in [9.17, 15) is 10.1 Å². The third kappa shape index (κ3) is 4.54. The molecule has 0 aliphatic heterocycles. The highest BCUT2D eigenvalue weighted by atomic mass is 16.6. The van der Waals surface area contributed by atoms with Gasteiger partial charge in [0.2, 0.25) is 0 Å². The predicted molar refractivity (Wildman–Crippen MR) is 131 cm³/mol. The summed E-state index contributed by atoms with van der Waals surface area (Å²) in [5, 5.41) is 13.8. The fourth-order valence-corrected chi connectivity index (χ4v) is 4.13. The van der Waals surface area contributed by atoms with Gasteiger partial charge in [0, 0.05) is 23.2 Å². The van der Waals surface area contributed by atoms with Crippen LogP contribution in [-0.2, 0) is 4.74 Å². The molecule has 33 heavy (non-hydrogen) atoms. The lowest BCUT2D eigenvalue weighted by atomic mass is 9.92. The van der Waals surface area contributed by atoms with Gasteiger partial charge in [-0.25, -0.2) is 4.79 Å². The zero-order valence-electron chi connectivity index (χ0n) is 19.7. The number of carbonyl (C=O) groups is 1. The van der Waals surface area contributed by atoms with Gasteiger partial charge >= 0.3 is 6.09 Å². The average Bonchev–Trinajstić information content (AvgIpc) is 3.06. The Kier molecular flexibility index (Phi) is 6.60. The maximum absolute atomic E-state index is 12.2. The van der Waals surface area contributed by atoms with E-state index in [2.05, 4.69) is 16.0 Å². The minimum atomic E-state index is -0.464. The summed E-state index contributed by atoms with van der Waals surface area (Å²) in [7, 11) is 0. The van der Waals surface area contributed by atoms with Crippen LogP contribution in [0.15, 0.2) is 42.5 Å². The van der Waals surface area contributed by atoms with Crippen molar-refractivity contribution in [2.24, 2.45) is 5.92 Å². The number of amides is 1. The fraction of sp³-hybridized carbons (Fsp3) is 0.407. The maximum Gasteiger partial charge on any atom is 0.411 e. The highest BCUT2D eigenvalue weighted by molar-refractivity contribution is 5.96. The number of fused-ring (bicyclic) bond motifs is 1. The van der Waals surface area contributed by atoms with E-state index in [1.165, 1.54) is 6.42 Å². The van der Waals surface area contributed by atoms with Crippen molar-refractivity contribution in [2.75, 3.05) is 11.9 Å². The first-order valence-corrected chi connectivity index (χ1v) is 11.7. The van der Waals surface area contributed by atoms with Crippen molar-refractivity contribution in [3.8, 4) is 23.1 Å². The Hall–Kier alpha value is -3.46. The van der Waals surface area contributed by atoms with Gasteiger partial charge in [-0.2, -0.15) is 5.26 Å². The van der Waals surface area contributed by atoms with Crippen molar-refractivity contribution < 1.29 is 14.3 Å². The van der Waals surface area contributed by atoms with Crippen molar-refractivity contribution in [3.05, 3.63) is 48.0 Å². The summed E-state index contributed by atoms with van der Waals surface area (Å²) in [6, 6.07) is 16.4. The molecule has 1 atom stereocenters. The number of anilines is 1. The van der Waals surface area contributed by atoms with Gasteiger partial charge in [0.25, 0.3) is 0 Å². The Balaban J connectivity index is 1.70. The number of nitrogens with one attached hydrogen (secondary N) is 1. The molecule has 0 radical (unpaired) electrons. The number of nitriles is 1. The number of hydrogen-bond donors (Lipinski definition) is 1. The molecule has 1 aliphatic rings. The van der Waals surface area contributed by atoms with Crippen LogP contribution in [0.25, 0.3) is 22.2 Å². The molecule has 3 aromatic rings. The van der Waals surface area contributed by atoms with E-state index in [0.29, 0.717) is 23.9 Å². The van der Waals surface area contributed by atoms with Crippen molar-refractivity contribution in [2.45, 2.75) is 59.1 Å². The molecule has 1 aliphatic carbocycles. The third-order valence-corrected chi connectivity index (χ3v) is 6.47. The Morgan fingerprint density at radius 3 is 2.48 bits per heavy atom. The summed E-state index contributed by atoms with van der Waals surface area (Å²) in [6.45, 7) is 8.47. The predicted octanol–water partition coefficient (Wildman–Crippen LogP) is 6.90. The van der Waals surface area contributed by atoms with Crippen LogP contribution in [0.5, 0.6) is 5.75 Å². The number of benzene rings is 2. The highest BCUT2D eigenvalue weighted by Gasteiger charge is 2.28. The van der Waals surface area contributed by atoms with E-state index in [1.807, 2.05) is 70.2 Å². The van der Waals surface area contributed by atoms with Crippen LogP contribution in [0.3, 0.4) is 0 Å². The lowest BCUT2D eigenvalue weighted by molar-refractivity contribution is 0.0940. The first-order chi connectivity index (χ1) is 15.9. The van der Waals surface area contributed by atoms with E-state index in [0.717, 1.165) is 40.8 Å². The molecule has 0 spiro atoms. The van der Waals surface area contributed by atoms with Crippen molar-refractivity contribution in [1.29, 1.82) is 5.26 Å². The van der Waals surface area contributed by atoms with Gasteiger partial charge < -0.3 is 14.0 Å². The monoisotopic (exact) mass is 445 g/mol. The summed E-state index contributed by atoms with van der Waals surface area (Å²) in [6.07, 6.45) is 2.76. The van der Waals surface area contributed by atoms with E-state index in [4.69, 9.17) is 9.47 Å². The van der Waals surface area contributed by atoms with Gasteiger partial charge in [-0.3, -0.25) is 5.32 Å².